The smallest absolute Gasteiger partial charge is 0.253 e. The summed E-state index contributed by atoms with van der Waals surface area (Å²) in [5, 5.41) is 6.86. The molecule has 1 aromatic heterocycles. The number of nitrogens with one attached hydrogen (secondary N) is 1. The van der Waals surface area contributed by atoms with Crippen molar-refractivity contribution in [3.05, 3.63) is 45.7 Å². The summed E-state index contributed by atoms with van der Waals surface area (Å²) in [5.41, 5.74) is 0.887. The number of benzene rings is 1. The van der Waals surface area contributed by atoms with Gasteiger partial charge in [0.05, 0.1) is 21.8 Å². The molecule has 7 nitrogen and oxygen atoms in total. The number of rotatable bonds is 5. The summed E-state index contributed by atoms with van der Waals surface area (Å²) in [6, 6.07) is 2.56. The van der Waals surface area contributed by atoms with E-state index in [-0.39, 0.29) is 27.0 Å². The molecular formula is C17H20Cl2N4O3S. The van der Waals surface area contributed by atoms with Crippen LogP contribution in [-0.4, -0.2) is 41.5 Å². The SMILES string of the molecule is Cn1cc(CNC(=O)c2cc(S(=O)(=O)N3CCCCC3)c(Cl)cc2Cl)cn1. The van der Waals surface area contributed by atoms with Crippen molar-refractivity contribution in [1.82, 2.24) is 19.4 Å². The Morgan fingerprint density at radius 3 is 2.52 bits per heavy atom. The monoisotopic (exact) mass is 430 g/mol. The maximum absolute atomic E-state index is 12.9. The minimum Gasteiger partial charge on any atom is -0.348 e. The van der Waals surface area contributed by atoms with Crippen molar-refractivity contribution in [3.8, 4) is 0 Å². The van der Waals surface area contributed by atoms with Gasteiger partial charge in [-0.15, -0.1) is 0 Å². The lowest BCUT2D eigenvalue weighted by molar-refractivity contribution is 0.0951. The maximum Gasteiger partial charge on any atom is 0.253 e. The highest BCUT2D eigenvalue weighted by atomic mass is 35.5. The number of halogens is 2. The molecule has 2 aromatic rings. The van der Waals surface area contributed by atoms with Gasteiger partial charge in [0.1, 0.15) is 4.90 Å². The second-order valence-corrected chi connectivity index (χ2v) is 9.15. The zero-order chi connectivity index (χ0) is 19.6. The molecule has 0 unspecified atom stereocenters. The number of sulfonamides is 1. The van der Waals surface area contributed by atoms with Gasteiger partial charge in [0, 0.05) is 38.4 Å². The van der Waals surface area contributed by atoms with Gasteiger partial charge in [-0.05, 0) is 25.0 Å². The van der Waals surface area contributed by atoms with Crippen LogP contribution in [0.1, 0.15) is 35.2 Å². The Bertz CT molecular complexity index is 953. The predicted octanol–water partition coefficient (Wildman–Crippen LogP) is 2.83. The Labute approximate surface area is 168 Å². The van der Waals surface area contributed by atoms with Crippen molar-refractivity contribution in [3.63, 3.8) is 0 Å². The van der Waals surface area contributed by atoms with E-state index >= 15 is 0 Å². The van der Waals surface area contributed by atoms with E-state index in [0.29, 0.717) is 13.1 Å². The first-order valence-corrected chi connectivity index (χ1v) is 10.7. The van der Waals surface area contributed by atoms with Crippen LogP contribution in [0, 0.1) is 0 Å². The molecule has 1 saturated heterocycles. The summed E-state index contributed by atoms with van der Waals surface area (Å²) < 4.78 is 28.9. The molecule has 1 aliphatic heterocycles. The van der Waals surface area contributed by atoms with Gasteiger partial charge in [-0.25, -0.2) is 8.42 Å². The highest BCUT2D eigenvalue weighted by molar-refractivity contribution is 7.89. The Hall–Kier alpha value is -1.61. The minimum absolute atomic E-state index is 0.00869. The third-order valence-corrected chi connectivity index (χ3v) is 7.09. The summed E-state index contributed by atoms with van der Waals surface area (Å²) in [4.78, 5) is 12.4. The van der Waals surface area contributed by atoms with E-state index in [2.05, 4.69) is 10.4 Å². The molecule has 27 heavy (non-hydrogen) atoms. The fraction of sp³-hybridized carbons (Fsp3) is 0.412. The van der Waals surface area contributed by atoms with Crippen molar-refractivity contribution in [2.24, 2.45) is 7.05 Å². The van der Waals surface area contributed by atoms with Gasteiger partial charge < -0.3 is 5.32 Å². The Balaban J connectivity index is 1.85. The molecule has 0 aliphatic carbocycles. The highest BCUT2D eigenvalue weighted by Gasteiger charge is 2.29. The van der Waals surface area contributed by atoms with Crippen LogP contribution in [0.4, 0.5) is 0 Å². The lowest BCUT2D eigenvalue weighted by atomic mass is 10.2. The van der Waals surface area contributed by atoms with Crippen molar-refractivity contribution >= 4 is 39.1 Å². The lowest BCUT2D eigenvalue weighted by Gasteiger charge is -2.26. The van der Waals surface area contributed by atoms with Gasteiger partial charge in [-0.2, -0.15) is 9.40 Å². The second-order valence-electron chi connectivity index (χ2n) is 6.43. The average Bonchev–Trinajstić information content (AvgIpc) is 3.05. The average molecular weight is 431 g/mol. The van der Waals surface area contributed by atoms with Crippen LogP contribution in [0.25, 0.3) is 0 Å². The zero-order valence-electron chi connectivity index (χ0n) is 14.8. The van der Waals surface area contributed by atoms with Gasteiger partial charge >= 0.3 is 0 Å². The number of hydrogen-bond donors (Lipinski definition) is 1. The number of aromatic nitrogens is 2. The molecule has 1 aliphatic rings. The number of nitrogens with zero attached hydrogens (tertiary/aromatic N) is 3. The molecule has 1 aromatic carbocycles. The number of hydrogen-bond acceptors (Lipinski definition) is 4. The molecule has 0 bridgehead atoms. The van der Waals surface area contributed by atoms with Gasteiger partial charge in [0.2, 0.25) is 10.0 Å². The first-order valence-electron chi connectivity index (χ1n) is 8.54. The van der Waals surface area contributed by atoms with E-state index in [9.17, 15) is 13.2 Å². The summed E-state index contributed by atoms with van der Waals surface area (Å²) >= 11 is 12.3. The first-order chi connectivity index (χ1) is 12.8. The number of carbonyl (C=O) groups excluding carboxylic acids is 1. The van der Waals surface area contributed by atoms with Crippen LogP contribution in [0.3, 0.4) is 0 Å². The van der Waals surface area contributed by atoms with E-state index < -0.39 is 15.9 Å². The van der Waals surface area contributed by atoms with Crippen LogP contribution in [-0.2, 0) is 23.6 Å². The normalized spacial score (nSPS) is 15.7. The summed E-state index contributed by atoms with van der Waals surface area (Å²) in [5.74, 6) is -0.476. The molecule has 3 rings (SSSR count). The van der Waals surface area contributed by atoms with Crippen LogP contribution in [0.2, 0.25) is 10.0 Å². The fourth-order valence-electron chi connectivity index (χ4n) is 2.99. The number of carbonyl (C=O) groups is 1. The largest absolute Gasteiger partial charge is 0.348 e. The van der Waals surface area contributed by atoms with Crippen LogP contribution in [0.15, 0.2) is 29.4 Å². The van der Waals surface area contributed by atoms with Crippen molar-refractivity contribution in [2.75, 3.05) is 13.1 Å². The van der Waals surface area contributed by atoms with Crippen molar-refractivity contribution in [1.29, 1.82) is 0 Å². The number of amides is 1. The van der Waals surface area contributed by atoms with Gasteiger partial charge in [-0.3, -0.25) is 9.48 Å². The van der Waals surface area contributed by atoms with Gasteiger partial charge in [0.25, 0.3) is 5.91 Å². The molecule has 1 N–H and O–H groups in total. The molecule has 0 atom stereocenters. The van der Waals surface area contributed by atoms with Crippen LogP contribution < -0.4 is 5.32 Å². The van der Waals surface area contributed by atoms with E-state index in [1.807, 2.05) is 0 Å². The van der Waals surface area contributed by atoms with Crippen molar-refractivity contribution in [2.45, 2.75) is 30.7 Å². The summed E-state index contributed by atoms with van der Waals surface area (Å²) in [7, 11) is -2.00. The standard InChI is InChI=1S/C17H20Cl2N4O3S/c1-22-11-12(10-21-22)9-20-17(24)13-7-16(15(19)8-14(13)18)27(25,26)23-5-3-2-4-6-23/h7-8,10-11H,2-6,9H2,1H3,(H,20,24). The predicted molar refractivity (Wildman–Crippen MR) is 103 cm³/mol. The Morgan fingerprint density at radius 2 is 1.89 bits per heavy atom. The summed E-state index contributed by atoms with van der Waals surface area (Å²) in [6.45, 7) is 1.15. The molecular weight excluding hydrogens is 411 g/mol. The number of piperidine rings is 1. The topological polar surface area (TPSA) is 84.3 Å². The quantitative estimate of drug-likeness (QED) is 0.789. The van der Waals surface area contributed by atoms with E-state index in [4.69, 9.17) is 23.2 Å². The van der Waals surface area contributed by atoms with Crippen LogP contribution in [0.5, 0.6) is 0 Å². The van der Waals surface area contributed by atoms with E-state index in [0.717, 1.165) is 24.8 Å². The van der Waals surface area contributed by atoms with Crippen LogP contribution >= 0.6 is 23.2 Å². The van der Waals surface area contributed by atoms with Gasteiger partial charge in [-0.1, -0.05) is 29.6 Å². The van der Waals surface area contributed by atoms with Gasteiger partial charge in [0.15, 0.2) is 0 Å². The third-order valence-electron chi connectivity index (χ3n) is 4.41. The fourth-order valence-corrected chi connectivity index (χ4v) is 5.34. The first kappa shape index (κ1) is 20.1. The molecule has 0 saturated carbocycles. The molecule has 2 heterocycles. The molecule has 0 radical (unpaired) electrons. The summed E-state index contributed by atoms with van der Waals surface area (Å²) in [6.07, 6.45) is 6.03. The Morgan fingerprint density at radius 1 is 1.19 bits per heavy atom. The molecule has 0 spiro atoms. The zero-order valence-corrected chi connectivity index (χ0v) is 17.1. The molecule has 1 amide bonds. The lowest BCUT2D eigenvalue weighted by Crippen LogP contribution is -2.36. The Kier molecular flexibility index (Phi) is 6.10. The maximum atomic E-state index is 12.9. The second kappa shape index (κ2) is 8.18. The third kappa shape index (κ3) is 4.45. The highest BCUT2D eigenvalue weighted by Crippen LogP contribution is 2.31. The number of aryl methyl sites for hydroxylation is 1. The van der Waals surface area contributed by atoms with E-state index in [1.54, 1.807) is 24.1 Å². The molecule has 146 valence electrons. The van der Waals surface area contributed by atoms with E-state index in [1.165, 1.54) is 16.4 Å². The van der Waals surface area contributed by atoms with Crippen molar-refractivity contribution < 1.29 is 13.2 Å². The molecule has 1 fully saturated rings. The molecule has 10 heteroatoms. The minimum atomic E-state index is -3.78.